The summed E-state index contributed by atoms with van der Waals surface area (Å²) in [7, 11) is 0. The van der Waals surface area contributed by atoms with Crippen molar-refractivity contribution in [1.29, 1.82) is 0 Å². The van der Waals surface area contributed by atoms with E-state index in [1.54, 1.807) is 17.9 Å². The molecule has 1 fully saturated rings. The van der Waals surface area contributed by atoms with Gasteiger partial charge in [-0.05, 0) is 19.4 Å². The molecule has 7 heteroatoms. The van der Waals surface area contributed by atoms with E-state index in [9.17, 15) is 14.9 Å². The van der Waals surface area contributed by atoms with Crippen LogP contribution in [0.25, 0.3) is 0 Å². The Morgan fingerprint density at radius 1 is 1.60 bits per heavy atom. The van der Waals surface area contributed by atoms with Crippen LogP contribution >= 0.6 is 0 Å². The minimum Gasteiger partial charge on any atom is -0.487 e. The zero-order chi connectivity index (χ0) is 14.7. The molecule has 0 unspecified atom stereocenters. The van der Waals surface area contributed by atoms with E-state index in [2.05, 4.69) is 0 Å². The molecule has 1 atom stereocenters. The van der Waals surface area contributed by atoms with E-state index in [-0.39, 0.29) is 35.6 Å². The van der Waals surface area contributed by atoms with Crippen molar-refractivity contribution in [2.45, 2.75) is 19.4 Å². The summed E-state index contributed by atoms with van der Waals surface area (Å²) in [6, 6.07) is 4.33. The third kappa shape index (κ3) is 2.72. The monoisotopic (exact) mass is 279 g/mol. The lowest BCUT2D eigenvalue weighted by Gasteiger charge is -2.17. The summed E-state index contributed by atoms with van der Waals surface area (Å²) in [6.07, 6.45) is 0.741. The summed E-state index contributed by atoms with van der Waals surface area (Å²) < 4.78 is 5.32. The van der Waals surface area contributed by atoms with E-state index in [1.165, 1.54) is 12.1 Å². The number of benzene rings is 1. The Bertz CT molecular complexity index is 532. The fourth-order valence-corrected chi connectivity index (χ4v) is 2.28. The van der Waals surface area contributed by atoms with Crippen LogP contribution in [-0.4, -0.2) is 41.5 Å². The smallest absolute Gasteiger partial charge is 0.311 e. The number of hydrogen-bond donors (Lipinski definition) is 1. The number of likely N-dealkylation sites (tertiary alicyclic amines) is 1. The predicted octanol–water partition coefficient (Wildman–Crippen LogP) is 1.17. The van der Waals surface area contributed by atoms with Crippen molar-refractivity contribution in [3.8, 4) is 5.75 Å². The highest BCUT2D eigenvalue weighted by molar-refractivity contribution is 5.98. The maximum absolute atomic E-state index is 12.4. The highest BCUT2D eigenvalue weighted by Gasteiger charge is 2.29. The van der Waals surface area contributed by atoms with E-state index in [0.717, 1.165) is 6.42 Å². The first kappa shape index (κ1) is 14.3. The number of carbonyl (C=O) groups excluding carboxylic acids is 1. The number of nitrogens with zero attached hydrogens (tertiary/aromatic N) is 2. The first-order chi connectivity index (χ1) is 9.54. The van der Waals surface area contributed by atoms with Gasteiger partial charge in [0, 0.05) is 25.2 Å². The SMILES string of the molecule is CCOc1c(C(=O)N2CC[C@H](N)C2)cccc1[N+](=O)[O-]. The fraction of sp³-hybridized carbons (Fsp3) is 0.462. The summed E-state index contributed by atoms with van der Waals surface area (Å²) in [5.74, 6) is -0.240. The van der Waals surface area contributed by atoms with Gasteiger partial charge in [-0.1, -0.05) is 6.07 Å². The maximum atomic E-state index is 12.4. The molecule has 0 saturated carbocycles. The third-order valence-corrected chi connectivity index (χ3v) is 3.22. The number of nitro groups is 1. The van der Waals surface area contributed by atoms with Crippen molar-refractivity contribution in [2.75, 3.05) is 19.7 Å². The van der Waals surface area contributed by atoms with Crippen molar-refractivity contribution in [1.82, 2.24) is 4.90 Å². The predicted molar refractivity (Wildman–Crippen MR) is 72.8 cm³/mol. The molecular formula is C13H17N3O4. The van der Waals surface area contributed by atoms with E-state index in [0.29, 0.717) is 13.1 Å². The van der Waals surface area contributed by atoms with E-state index in [4.69, 9.17) is 10.5 Å². The second-order valence-corrected chi connectivity index (χ2v) is 4.64. The first-order valence-corrected chi connectivity index (χ1v) is 6.49. The zero-order valence-corrected chi connectivity index (χ0v) is 11.2. The van der Waals surface area contributed by atoms with Gasteiger partial charge in [0.1, 0.15) is 0 Å². The Morgan fingerprint density at radius 2 is 2.35 bits per heavy atom. The molecule has 20 heavy (non-hydrogen) atoms. The highest BCUT2D eigenvalue weighted by atomic mass is 16.6. The van der Waals surface area contributed by atoms with Gasteiger partial charge in [-0.25, -0.2) is 0 Å². The molecule has 1 aromatic rings. The number of carbonyl (C=O) groups is 1. The van der Waals surface area contributed by atoms with Crippen LogP contribution in [0.5, 0.6) is 5.75 Å². The molecule has 1 aliphatic heterocycles. The molecule has 1 aliphatic rings. The summed E-state index contributed by atoms with van der Waals surface area (Å²) in [4.78, 5) is 24.5. The standard InChI is InChI=1S/C13H17N3O4/c1-2-20-12-10(4-3-5-11(12)16(18)19)13(17)15-7-6-9(14)8-15/h3-5,9H,2,6-8,14H2,1H3/t9-/m0/s1. The van der Waals surface area contributed by atoms with Gasteiger partial charge in [-0.2, -0.15) is 0 Å². The fourth-order valence-electron chi connectivity index (χ4n) is 2.28. The summed E-state index contributed by atoms with van der Waals surface area (Å²) >= 11 is 0. The summed E-state index contributed by atoms with van der Waals surface area (Å²) in [5, 5.41) is 11.0. The number of hydrogen-bond acceptors (Lipinski definition) is 5. The van der Waals surface area contributed by atoms with Gasteiger partial charge in [0.2, 0.25) is 5.75 Å². The molecule has 1 amide bonds. The molecular weight excluding hydrogens is 262 g/mol. The van der Waals surface area contributed by atoms with Crippen LogP contribution in [0.2, 0.25) is 0 Å². The molecule has 0 aromatic heterocycles. The minimum atomic E-state index is -0.544. The average molecular weight is 279 g/mol. The van der Waals surface area contributed by atoms with Crippen LogP contribution in [0.4, 0.5) is 5.69 Å². The Labute approximate surface area is 116 Å². The van der Waals surface area contributed by atoms with Crippen LogP contribution in [-0.2, 0) is 0 Å². The van der Waals surface area contributed by atoms with E-state index >= 15 is 0 Å². The normalized spacial score (nSPS) is 18.1. The second kappa shape index (κ2) is 5.87. The molecule has 0 spiro atoms. The summed E-state index contributed by atoms with van der Waals surface area (Å²) in [5.41, 5.74) is 5.81. The number of para-hydroxylation sites is 1. The van der Waals surface area contributed by atoms with Gasteiger partial charge in [0.25, 0.3) is 5.91 Å². The van der Waals surface area contributed by atoms with Crippen LogP contribution < -0.4 is 10.5 Å². The highest BCUT2D eigenvalue weighted by Crippen LogP contribution is 2.32. The van der Waals surface area contributed by atoms with Crippen molar-refractivity contribution in [3.63, 3.8) is 0 Å². The van der Waals surface area contributed by atoms with Gasteiger partial charge in [0.15, 0.2) is 0 Å². The Morgan fingerprint density at radius 3 is 2.90 bits per heavy atom. The lowest BCUT2D eigenvalue weighted by atomic mass is 10.1. The van der Waals surface area contributed by atoms with Gasteiger partial charge < -0.3 is 15.4 Å². The molecule has 0 bridgehead atoms. The molecule has 108 valence electrons. The Balaban J connectivity index is 2.37. The number of ether oxygens (including phenoxy) is 1. The van der Waals surface area contributed by atoms with Gasteiger partial charge in [0.05, 0.1) is 17.1 Å². The molecule has 1 heterocycles. The number of rotatable bonds is 4. The number of amides is 1. The topological polar surface area (TPSA) is 98.7 Å². The van der Waals surface area contributed by atoms with Crippen LogP contribution in [0, 0.1) is 10.1 Å². The quantitative estimate of drug-likeness (QED) is 0.658. The average Bonchev–Trinajstić information content (AvgIpc) is 2.85. The van der Waals surface area contributed by atoms with Gasteiger partial charge in [-0.3, -0.25) is 14.9 Å². The molecule has 1 saturated heterocycles. The third-order valence-electron chi connectivity index (χ3n) is 3.22. The number of nitro benzene ring substituents is 1. The number of nitrogens with two attached hydrogens (primary N) is 1. The zero-order valence-electron chi connectivity index (χ0n) is 11.2. The maximum Gasteiger partial charge on any atom is 0.311 e. The molecule has 0 radical (unpaired) electrons. The molecule has 0 aliphatic carbocycles. The van der Waals surface area contributed by atoms with Crippen molar-refractivity contribution in [2.24, 2.45) is 5.73 Å². The summed E-state index contributed by atoms with van der Waals surface area (Å²) in [6.45, 7) is 3.00. The van der Waals surface area contributed by atoms with E-state index in [1.807, 2.05) is 0 Å². The van der Waals surface area contributed by atoms with Crippen LogP contribution in [0.3, 0.4) is 0 Å². The lowest BCUT2D eigenvalue weighted by molar-refractivity contribution is -0.385. The molecule has 2 N–H and O–H groups in total. The van der Waals surface area contributed by atoms with Gasteiger partial charge in [-0.15, -0.1) is 0 Å². The molecule has 7 nitrogen and oxygen atoms in total. The molecule has 1 aromatic carbocycles. The molecule has 2 rings (SSSR count). The van der Waals surface area contributed by atoms with Gasteiger partial charge >= 0.3 is 5.69 Å². The van der Waals surface area contributed by atoms with Crippen molar-refractivity contribution < 1.29 is 14.5 Å². The first-order valence-electron chi connectivity index (χ1n) is 6.49. The van der Waals surface area contributed by atoms with Crippen molar-refractivity contribution in [3.05, 3.63) is 33.9 Å². The largest absolute Gasteiger partial charge is 0.487 e. The Kier molecular flexibility index (Phi) is 4.19. The minimum absolute atomic E-state index is 0.0328. The Hall–Kier alpha value is -2.15. The lowest BCUT2D eigenvalue weighted by Crippen LogP contribution is -2.32. The second-order valence-electron chi connectivity index (χ2n) is 4.64. The van der Waals surface area contributed by atoms with Crippen molar-refractivity contribution >= 4 is 11.6 Å². The van der Waals surface area contributed by atoms with Crippen LogP contribution in [0.1, 0.15) is 23.7 Å². The van der Waals surface area contributed by atoms with E-state index < -0.39 is 4.92 Å². The van der Waals surface area contributed by atoms with Crippen LogP contribution in [0.15, 0.2) is 18.2 Å².